The van der Waals surface area contributed by atoms with Gasteiger partial charge >= 0.3 is 0 Å². The number of aromatic amines is 1. The second-order valence-electron chi connectivity index (χ2n) is 6.95. The first-order valence-corrected chi connectivity index (χ1v) is 9.25. The fraction of sp³-hybridized carbons (Fsp3) is 0.150. The van der Waals surface area contributed by atoms with Crippen molar-refractivity contribution in [1.82, 2.24) is 40.0 Å². The lowest BCUT2D eigenvalue weighted by Crippen LogP contribution is -2.02. The number of aromatic nitrogens is 8. The van der Waals surface area contributed by atoms with Crippen LogP contribution in [0.15, 0.2) is 61.2 Å². The molecule has 0 unspecified atom stereocenters. The van der Waals surface area contributed by atoms with Crippen LogP contribution in [-0.4, -0.2) is 40.0 Å². The number of nitrogens with one attached hydrogen (secondary N) is 1. The maximum atomic E-state index is 5.88. The molecular formula is C20H19N9. The molecule has 5 aromatic rings. The number of nitrogens with zero attached hydrogens (tertiary/aromatic N) is 7. The zero-order valence-electron chi connectivity index (χ0n) is 15.6. The van der Waals surface area contributed by atoms with E-state index in [1.165, 1.54) is 11.1 Å². The van der Waals surface area contributed by atoms with E-state index in [9.17, 15) is 0 Å². The van der Waals surface area contributed by atoms with Gasteiger partial charge in [-0.2, -0.15) is 20.5 Å². The van der Waals surface area contributed by atoms with Gasteiger partial charge in [-0.3, -0.25) is 9.36 Å². The highest BCUT2D eigenvalue weighted by Crippen LogP contribution is 2.19. The summed E-state index contributed by atoms with van der Waals surface area (Å²) in [6, 6.07) is 12.3. The Morgan fingerprint density at radius 3 is 2.48 bits per heavy atom. The van der Waals surface area contributed by atoms with Crippen molar-refractivity contribution in [3.8, 4) is 0 Å². The van der Waals surface area contributed by atoms with Crippen LogP contribution in [-0.2, 0) is 19.5 Å². The number of nitrogens with two attached hydrogens (primary N) is 1. The Labute approximate surface area is 166 Å². The molecule has 3 N–H and O–H groups in total. The smallest absolute Gasteiger partial charge is 0.203 e. The zero-order chi connectivity index (χ0) is 19.6. The lowest BCUT2D eigenvalue weighted by atomic mass is 10.1. The van der Waals surface area contributed by atoms with Gasteiger partial charge in [-0.25, -0.2) is 4.98 Å². The molecular weight excluding hydrogens is 366 g/mol. The highest BCUT2D eigenvalue weighted by Gasteiger charge is 2.10. The number of hydrogen-bond donors (Lipinski definition) is 2. The predicted molar refractivity (Wildman–Crippen MR) is 108 cm³/mol. The Morgan fingerprint density at radius 1 is 0.931 bits per heavy atom. The first kappa shape index (κ1) is 17.1. The van der Waals surface area contributed by atoms with Gasteiger partial charge in [0.1, 0.15) is 11.3 Å². The standard InChI is InChI=1S/C20H19N9/c21-18-9-17(19-20(24-18)26-27-25-19)8-16-10-23-29(13-16)12-15-4-2-14(3-5-15)11-28-7-1-6-22-28/h1-7,9-10,13H,8,11-12H2,(H3,21,24,25,26,27). The SMILES string of the molecule is Nc1cc(Cc2cnn(Cc3ccc(Cn4cccn4)cc3)c2)c2n[nH]nc2n1. The van der Waals surface area contributed by atoms with Crippen LogP contribution in [0.2, 0.25) is 0 Å². The quantitative estimate of drug-likeness (QED) is 0.462. The van der Waals surface area contributed by atoms with E-state index in [0.29, 0.717) is 24.4 Å². The van der Waals surface area contributed by atoms with Crippen molar-refractivity contribution < 1.29 is 0 Å². The molecule has 0 aliphatic rings. The van der Waals surface area contributed by atoms with Crippen molar-refractivity contribution >= 4 is 17.0 Å². The number of rotatable bonds is 6. The summed E-state index contributed by atoms with van der Waals surface area (Å²) in [6.45, 7) is 1.48. The van der Waals surface area contributed by atoms with Crippen LogP contribution >= 0.6 is 0 Å². The summed E-state index contributed by atoms with van der Waals surface area (Å²) < 4.78 is 3.84. The Morgan fingerprint density at radius 2 is 1.72 bits per heavy atom. The van der Waals surface area contributed by atoms with Crippen molar-refractivity contribution in [1.29, 1.82) is 0 Å². The van der Waals surface area contributed by atoms with E-state index in [-0.39, 0.29) is 0 Å². The van der Waals surface area contributed by atoms with Gasteiger partial charge in [-0.15, -0.1) is 5.10 Å². The number of pyridine rings is 1. The summed E-state index contributed by atoms with van der Waals surface area (Å²) in [5.74, 6) is 0.434. The minimum absolute atomic E-state index is 0.434. The van der Waals surface area contributed by atoms with Crippen LogP contribution in [0.5, 0.6) is 0 Å². The van der Waals surface area contributed by atoms with Crippen LogP contribution in [0.25, 0.3) is 11.2 Å². The third kappa shape index (κ3) is 3.70. The summed E-state index contributed by atoms with van der Waals surface area (Å²) in [7, 11) is 0. The van der Waals surface area contributed by atoms with Crippen molar-refractivity contribution in [2.75, 3.05) is 5.73 Å². The molecule has 9 heteroatoms. The van der Waals surface area contributed by atoms with Crippen molar-refractivity contribution in [2.24, 2.45) is 0 Å². The first-order valence-electron chi connectivity index (χ1n) is 9.25. The molecule has 0 atom stereocenters. The average molecular weight is 385 g/mol. The molecule has 0 fully saturated rings. The lowest BCUT2D eigenvalue weighted by molar-refractivity contribution is 0.678. The molecule has 4 heterocycles. The van der Waals surface area contributed by atoms with Gasteiger partial charge in [0.15, 0.2) is 0 Å². The number of hydrogen-bond acceptors (Lipinski definition) is 6. The lowest BCUT2D eigenvalue weighted by Gasteiger charge is -2.05. The van der Waals surface area contributed by atoms with Crippen LogP contribution in [0.1, 0.15) is 22.3 Å². The van der Waals surface area contributed by atoms with Gasteiger partial charge in [0.05, 0.1) is 19.3 Å². The number of fused-ring (bicyclic) bond motifs is 1. The second kappa shape index (κ2) is 7.19. The Hall–Kier alpha value is -4.01. The molecule has 4 aromatic heterocycles. The van der Waals surface area contributed by atoms with E-state index in [4.69, 9.17) is 5.73 Å². The molecule has 144 valence electrons. The fourth-order valence-electron chi connectivity index (χ4n) is 3.38. The van der Waals surface area contributed by atoms with Gasteiger partial charge in [-0.05, 0) is 34.4 Å². The first-order chi connectivity index (χ1) is 14.2. The van der Waals surface area contributed by atoms with E-state index >= 15 is 0 Å². The summed E-state index contributed by atoms with van der Waals surface area (Å²) in [5, 5.41) is 19.5. The van der Waals surface area contributed by atoms with E-state index in [1.54, 1.807) is 6.20 Å². The average Bonchev–Trinajstić information content (AvgIpc) is 3.46. The number of anilines is 1. The Bertz CT molecular complexity index is 1230. The van der Waals surface area contributed by atoms with Gasteiger partial charge < -0.3 is 5.73 Å². The molecule has 29 heavy (non-hydrogen) atoms. The molecule has 0 spiro atoms. The Kier molecular flexibility index (Phi) is 4.24. The monoisotopic (exact) mass is 385 g/mol. The highest BCUT2D eigenvalue weighted by molar-refractivity contribution is 5.76. The van der Waals surface area contributed by atoms with Crippen LogP contribution in [0.3, 0.4) is 0 Å². The molecule has 0 saturated heterocycles. The number of H-pyrrole nitrogens is 1. The maximum absolute atomic E-state index is 5.88. The number of nitrogen functional groups attached to an aromatic ring is 1. The molecule has 5 rings (SSSR count). The van der Waals surface area contributed by atoms with E-state index in [1.807, 2.05) is 40.1 Å². The maximum Gasteiger partial charge on any atom is 0.203 e. The normalized spacial score (nSPS) is 11.3. The van der Waals surface area contributed by atoms with Crippen molar-refractivity contribution in [3.05, 3.63) is 83.4 Å². The molecule has 0 saturated carbocycles. The topological polar surface area (TPSA) is 116 Å². The van der Waals surface area contributed by atoms with E-state index in [2.05, 4.69) is 54.9 Å². The summed E-state index contributed by atoms with van der Waals surface area (Å²) >= 11 is 0. The minimum atomic E-state index is 0.434. The van der Waals surface area contributed by atoms with Gasteiger partial charge in [0.2, 0.25) is 5.65 Å². The Balaban J connectivity index is 1.28. The molecule has 9 nitrogen and oxygen atoms in total. The number of benzene rings is 1. The summed E-state index contributed by atoms with van der Waals surface area (Å²) in [4.78, 5) is 4.18. The van der Waals surface area contributed by atoms with Crippen molar-refractivity contribution in [2.45, 2.75) is 19.5 Å². The largest absolute Gasteiger partial charge is 0.384 e. The van der Waals surface area contributed by atoms with E-state index < -0.39 is 0 Å². The van der Waals surface area contributed by atoms with Crippen molar-refractivity contribution in [3.63, 3.8) is 0 Å². The summed E-state index contributed by atoms with van der Waals surface area (Å²) in [5.41, 5.74) is 11.6. The molecule has 0 aliphatic carbocycles. The van der Waals surface area contributed by atoms with Gasteiger partial charge in [0, 0.05) is 25.0 Å². The molecule has 0 bridgehead atoms. The minimum Gasteiger partial charge on any atom is -0.384 e. The van der Waals surface area contributed by atoms with Gasteiger partial charge in [0.25, 0.3) is 0 Å². The third-order valence-electron chi connectivity index (χ3n) is 4.74. The molecule has 0 aliphatic heterocycles. The second-order valence-corrected chi connectivity index (χ2v) is 6.95. The fourth-order valence-corrected chi connectivity index (χ4v) is 3.38. The molecule has 0 amide bonds. The van der Waals surface area contributed by atoms with E-state index in [0.717, 1.165) is 23.2 Å². The van der Waals surface area contributed by atoms with Crippen LogP contribution in [0.4, 0.5) is 5.82 Å². The third-order valence-corrected chi connectivity index (χ3v) is 4.74. The van der Waals surface area contributed by atoms with Crippen LogP contribution < -0.4 is 5.73 Å². The molecule has 1 aromatic carbocycles. The van der Waals surface area contributed by atoms with Crippen LogP contribution in [0, 0.1) is 0 Å². The molecule has 0 radical (unpaired) electrons. The highest BCUT2D eigenvalue weighted by atomic mass is 15.3. The van der Waals surface area contributed by atoms with Gasteiger partial charge in [-0.1, -0.05) is 24.3 Å². The predicted octanol–water partition coefficient (Wildman–Crippen LogP) is 2.02. The summed E-state index contributed by atoms with van der Waals surface area (Å²) in [6.07, 6.45) is 8.33. The zero-order valence-corrected chi connectivity index (χ0v) is 15.6.